The molecule has 0 aliphatic carbocycles. The van der Waals surface area contributed by atoms with Crippen LogP contribution in [0.5, 0.6) is 5.88 Å². The van der Waals surface area contributed by atoms with Crippen LogP contribution in [0, 0.1) is 0 Å². The molecule has 70 valence electrons. The lowest BCUT2D eigenvalue weighted by molar-refractivity contribution is -0.132. The van der Waals surface area contributed by atoms with Crippen LogP contribution in [0.3, 0.4) is 0 Å². The highest BCUT2D eigenvalue weighted by atomic mass is 16.5. The molecule has 0 bridgehead atoms. The molecule has 4 nitrogen and oxygen atoms in total. The molecule has 0 radical (unpaired) electrons. The molecule has 0 aliphatic heterocycles. The van der Waals surface area contributed by atoms with Crippen molar-refractivity contribution < 1.29 is 9.53 Å². The largest absolute Gasteiger partial charge is 0.406 e. The molecule has 0 fully saturated rings. The van der Waals surface area contributed by atoms with Crippen molar-refractivity contribution >= 4 is 5.97 Å². The topological polar surface area (TPSA) is 52.1 Å². The summed E-state index contributed by atoms with van der Waals surface area (Å²) in [4.78, 5) is 18.5. The Morgan fingerprint density at radius 3 is 2.69 bits per heavy atom. The Bertz CT molecular complexity index is 282. The van der Waals surface area contributed by atoms with Gasteiger partial charge in [0.25, 0.3) is 0 Å². The van der Waals surface area contributed by atoms with E-state index >= 15 is 0 Å². The van der Waals surface area contributed by atoms with Crippen molar-refractivity contribution in [2.45, 2.75) is 26.7 Å². The maximum atomic E-state index is 10.5. The van der Waals surface area contributed by atoms with Gasteiger partial charge in [0.2, 0.25) is 5.88 Å². The van der Waals surface area contributed by atoms with Gasteiger partial charge in [0, 0.05) is 6.92 Å². The molecule has 0 aliphatic rings. The Morgan fingerprint density at radius 1 is 1.46 bits per heavy atom. The molecule has 13 heavy (non-hydrogen) atoms. The van der Waals surface area contributed by atoms with Crippen molar-refractivity contribution in [3.05, 3.63) is 18.1 Å². The van der Waals surface area contributed by atoms with Crippen molar-refractivity contribution in [3.8, 4) is 5.88 Å². The zero-order valence-corrected chi connectivity index (χ0v) is 7.78. The van der Waals surface area contributed by atoms with Gasteiger partial charge in [-0.3, -0.25) is 9.78 Å². The van der Waals surface area contributed by atoms with E-state index in [2.05, 4.69) is 16.9 Å². The first-order chi connectivity index (χ1) is 6.22. The third-order valence-corrected chi connectivity index (χ3v) is 1.44. The quantitative estimate of drug-likeness (QED) is 0.659. The van der Waals surface area contributed by atoms with Crippen molar-refractivity contribution in [2.24, 2.45) is 0 Å². The smallest absolute Gasteiger partial charge is 0.309 e. The molecule has 1 heterocycles. The summed E-state index contributed by atoms with van der Waals surface area (Å²) in [5, 5.41) is 0. The molecule has 1 aromatic heterocycles. The highest BCUT2D eigenvalue weighted by molar-refractivity contribution is 5.68. The van der Waals surface area contributed by atoms with E-state index in [1.807, 2.05) is 0 Å². The second kappa shape index (κ2) is 4.54. The van der Waals surface area contributed by atoms with Gasteiger partial charge in [0.15, 0.2) is 0 Å². The maximum absolute atomic E-state index is 10.5. The zero-order valence-electron chi connectivity index (χ0n) is 7.78. The summed E-state index contributed by atoms with van der Waals surface area (Å²) in [7, 11) is 0. The fourth-order valence-electron chi connectivity index (χ4n) is 0.928. The predicted octanol–water partition coefficient (Wildman–Crippen LogP) is 1.35. The van der Waals surface area contributed by atoms with Gasteiger partial charge in [-0.25, -0.2) is 4.98 Å². The Morgan fingerprint density at radius 2 is 2.23 bits per heavy atom. The molecule has 1 aromatic rings. The van der Waals surface area contributed by atoms with Crippen LogP contribution < -0.4 is 4.74 Å². The average Bonchev–Trinajstić information content (AvgIpc) is 2.08. The Hall–Kier alpha value is -1.45. The molecule has 1 rings (SSSR count). The summed E-state index contributed by atoms with van der Waals surface area (Å²) in [6, 6.07) is 0. The van der Waals surface area contributed by atoms with Gasteiger partial charge in [0.1, 0.15) is 0 Å². The van der Waals surface area contributed by atoms with Gasteiger partial charge in [-0.1, -0.05) is 13.3 Å². The van der Waals surface area contributed by atoms with Gasteiger partial charge in [-0.2, -0.15) is 0 Å². The molecule has 4 heteroatoms. The molecule has 0 unspecified atom stereocenters. The van der Waals surface area contributed by atoms with E-state index < -0.39 is 0 Å². The molecule has 0 amide bonds. The Balaban J connectivity index is 2.64. The normalized spacial score (nSPS) is 9.69. The molecule has 0 N–H and O–H groups in total. The number of carbonyl (C=O) groups excluding carboxylic acids is 1. The van der Waals surface area contributed by atoms with E-state index in [4.69, 9.17) is 4.74 Å². The molecule has 0 saturated heterocycles. The van der Waals surface area contributed by atoms with Gasteiger partial charge in [-0.15, -0.1) is 0 Å². The first kappa shape index (κ1) is 9.64. The number of ether oxygens (including phenoxy) is 1. The highest BCUT2D eigenvalue weighted by Gasteiger charge is 1.99. The molecular weight excluding hydrogens is 168 g/mol. The number of rotatable bonds is 3. The third-order valence-electron chi connectivity index (χ3n) is 1.44. The van der Waals surface area contributed by atoms with E-state index in [-0.39, 0.29) is 11.8 Å². The maximum Gasteiger partial charge on any atom is 0.309 e. The van der Waals surface area contributed by atoms with Crippen LogP contribution in [-0.2, 0) is 11.2 Å². The molecule has 0 atom stereocenters. The van der Waals surface area contributed by atoms with E-state index in [0.29, 0.717) is 0 Å². The first-order valence-electron chi connectivity index (χ1n) is 4.21. The van der Waals surface area contributed by atoms with Crippen molar-refractivity contribution in [1.29, 1.82) is 0 Å². The number of hydrogen-bond acceptors (Lipinski definition) is 4. The minimum atomic E-state index is -0.377. The van der Waals surface area contributed by atoms with Gasteiger partial charge in [-0.05, 0) is 6.42 Å². The third kappa shape index (κ3) is 3.19. The lowest BCUT2D eigenvalue weighted by atomic mass is 10.3. The van der Waals surface area contributed by atoms with Crippen LogP contribution in [0.25, 0.3) is 0 Å². The summed E-state index contributed by atoms with van der Waals surface area (Å²) >= 11 is 0. The van der Waals surface area contributed by atoms with E-state index in [9.17, 15) is 4.79 Å². The van der Waals surface area contributed by atoms with Crippen LogP contribution in [0.2, 0.25) is 0 Å². The van der Waals surface area contributed by atoms with E-state index in [0.717, 1.165) is 18.5 Å². The summed E-state index contributed by atoms with van der Waals surface area (Å²) < 4.78 is 4.73. The van der Waals surface area contributed by atoms with Crippen LogP contribution in [0.4, 0.5) is 0 Å². The Labute approximate surface area is 77.0 Å². The predicted molar refractivity (Wildman–Crippen MR) is 47.3 cm³/mol. The summed E-state index contributed by atoms with van der Waals surface area (Å²) in [5.74, 6) is -0.120. The number of aryl methyl sites for hydroxylation is 1. The van der Waals surface area contributed by atoms with Gasteiger partial charge in [0.05, 0.1) is 18.1 Å². The fraction of sp³-hybridized carbons (Fsp3) is 0.444. The molecular formula is C9H12N2O2. The molecule has 0 aromatic carbocycles. The zero-order chi connectivity index (χ0) is 9.68. The summed E-state index contributed by atoms with van der Waals surface area (Å²) in [6.07, 6.45) is 5.02. The highest BCUT2D eigenvalue weighted by Crippen LogP contribution is 2.05. The second-order valence-corrected chi connectivity index (χ2v) is 2.69. The van der Waals surface area contributed by atoms with Crippen LogP contribution >= 0.6 is 0 Å². The number of aromatic nitrogens is 2. The molecule has 0 saturated carbocycles. The lowest BCUT2D eigenvalue weighted by Crippen LogP contribution is -2.04. The van der Waals surface area contributed by atoms with E-state index in [1.165, 1.54) is 13.1 Å². The standard InChI is InChI=1S/C9H12N2O2/c1-3-4-8-5-11-9(6-10-8)13-7(2)12/h5-6H,3-4H2,1-2H3. The van der Waals surface area contributed by atoms with E-state index in [1.54, 1.807) is 6.20 Å². The minimum absolute atomic E-state index is 0.257. The lowest BCUT2D eigenvalue weighted by Gasteiger charge is -2.00. The van der Waals surface area contributed by atoms with Crippen LogP contribution in [0.15, 0.2) is 12.4 Å². The molecule has 0 spiro atoms. The first-order valence-corrected chi connectivity index (χ1v) is 4.21. The van der Waals surface area contributed by atoms with Gasteiger partial charge >= 0.3 is 5.97 Å². The van der Waals surface area contributed by atoms with Crippen molar-refractivity contribution in [3.63, 3.8) is 0 Å². The SMILES string of the molecule is CCCc1cnc(OC(C)=O)cn1. The van der Waals surface area contributed by atoms with Crippen molar-refractivity contribution in [1.82, 2.24) is 9.97 Å². The van der Waals surface area contributed by atoms with Gasteiger partial charge < -0.3 is 4.74 Å². The minimum Gasteiger partial charge on any atom is -0.406 e. The van der Waals surface area contributed by atoms with Crippen LogP contribution in [0.1, 0.15) is 26.0 Å². The number of hydrogen-bond donors (Lipinski definition) is 0. The number of carbonyl (C=O) groups is 1. The number of esters is 1. The fourth-order valence-corrected chi connectivity index (χ4v) is 0.928. The monoisotopic (exact) mass is 180 g/mol. The number of nitrogens with zero attached hydrogens (tertiary/aromatic N) is 2. The second-order valence-electron chi connectivity index (χ2n) is 2.69. The average molecular weight is 180 g/mol. The van der Waals surface area contributed by atoms with Crippen molar-refractivity contribution in [2.75, 3.05) is 0 Å². The Kier molecular flexibility index (Phi) is 3.37. The van der Waals surface area contributed by atoms with Crippen LogP contribution in [-0.4, -0.2) is 15.9 Å². The summed E-state index contributed by atoms with van der Waals surface area (Å²) in [5.41, 5.74) is 0.915. The summed E-state index contributed by atoms with van der Waals surface area (Å²) in [6.45, 7) is 3.41.